The van der Waals surface area contributed by atoms with Gasteiger partial charge in [0.15, 0.2) is 0 Å². The second kappa shape index (κ2) is 5.40. The first-order chi connectivity index (χ1) is 9.95. The lowest BCUT2D eigenvalue weighted by atomic mass is 10.1. The molecule has 0 spiro atoms. The number of aliphatic carboxylic acids is 1. The standard InChI is InChI=1S/C14H15NO4S2/c16-14(17)11(7-9-5-6-9)15-21(18,19)13-8-10-3-1-2-4-12(10)20-13/h1-4,8-9,11,15H,5-7H2,(H,16,17)/t11-/m0/s1. The molecule has 1 heterocycles. The van der Waals surface area contributed by atoms with Crippen LogP contribution in [0.1, 0.15) is 19.3 Å². The van der Waals surface area contributed by atoms with Gasteiger partial charge in [0, 0.05) is 4.70 Å². The third-order valence-corrected chi connectivity index (χ3v) is 6.59. The Morgan fingerprint density at radius 3 is 2.71 bits per heavy atom. The molecule has 0 saturated heterocycles. The van der Waals surface area contributed by atoms with E-state index < -0.39 is 22.0 Å². The highest BCUT2D eigenvalue weighted by molar-refractivity contribution is 7.91. The number of carbonyl (C=O) groups is 1. The maximum atomic E-state index is 12.4. The normalized spacial score (nSPS) is 17.0. The Morgan fingerprint density at radius 2 is 2.10 bits per heavy atom. The van der Waals surface area contributed by atoms with Crippen molar-refractivity contribution in [3.05, 3.63) is 30.3 Å². The molecule has 1 aliphatic carbocycles. The summed E-state index contributed by atoms with van der Waals surface area (Å²) in [5, 5.41) is 10.0. The van der Waals surface area contributed by atoms with Crippen molar-refractivity contribution in [3.63, 3.8) is 0 Å². The van der Waals surface area contributed by atoms with Gasteiger partial charge in [-0.05, 0) is 29.9 Å². The lowest BCUT2D eigenvalue weighted by Gasteiger charge is -2.13. The predicted octanol–water partition coefficient (Wildman–Crippen LogP) is 2.43. The number of thiophene rings is 1. The van der Waals surface area contributed by atoms with Crippen molar-refractivity contribution < 1.29 is 18.3 Å². The van der Waals surface area contributed by atoms with E-state index in [1.807, 2.05) is 24.3 Å². The Bertz CT molecular complexity index is 744. The number of carboxylic acids is 1. The second-order valence-electron chi connectivity index (χ2n) is 5.29. The van der Waals surface area contributed by atoms with Crippen molar-refractivity contribution in [1.82, 2.24) is 4.72 Å². The van der Waals surface area contributed by atoms with Crippen LogP contribution in [-0.2, 0) is 14.8 Å². The molecule has 0 radical (unpaired) electrons. The van der Waals surface area contributed by atoms with Gasteiger partial charge in [0.2, 0.25) is 0 Å². The molecule has 1 aromatic carbocycles. The molecular formula is C14H15NO4S2. The fourth-order valence-electron chi connectivity index (χ4n) is 2.22. The van der Waals surface area contributed by atoms with Crippen LogP contribution in [0.5, 0.6) is 0 Å². The summed E-state index contributed by atoms with van der Waals surface area (Å²) < 4.78 is 28.1. The quantitative estimate of drug-likeness (QED) is 0.854. The van der Waals surface area contributed by atoms with Crippen LogP contribution in [-0.4, -0.2) is 25.5 Å². The molecule has 1 atom stereocenters. The van der Waals surface area contributed by atoms with Crippen molar-refractivity contribution in [1.29, 1.82) is 0 Å². The molecular weight excluding hydrogens is 310 g/mol. The molecule has 21 heavy (non-hydrogen) atoms. The van der Waals surface area contributed by atoms with E-state index in [0.717, 1.165) is 34.3 Å². The molecule has 0 aliphatic heterocycles. The molecule has 2 N–H and O–H groups in total. The summed E-state index contributed by atoms with van der Waals surface area (Å²) in [4.78, 5) is 11.2. The van der Waals surface area contributed by atoms with Gasteiger partial charge in [-0.1, -0.05) is 31.0 Å². The van der Waals surface area contributed by atoms with E-state index in [2.05, 4.69) is 4.72 Å². The van der Waals surface area contributed by atoms with E-state index >= 15 is 0 Å². The summed E-state index contributed by atoms with van der Waals surface area (Å²) >= 11 is 1.15. The van der Waals surface area contributed by atoms with Gasteiger partial charge in [-0.3, -0.25) is 4.79 Å². The monoisotopic (exact) mass is 325 g/mol. The van der Waals surface area contributed by atoms with Crippen molar-refractivity contribution in [2.24, 2.45) is 5.92 Å². The molecule has 0 amide bonds. The van der Waals surface area contributed by atoms with Crippen molar-refractivity contribution >= 4 is 37.4 Å². The zero-order valence-electron chi connectivity index (χ0n) is 11.2. The number of hydrogen-bond acceptors (Lipinski definition) is 4. The number of carboxylic acid groups (broad SMARTS) is 1. The molecule has 0 bridgehead atoms. The highest BCUT2D eigenvalue weighted by Gasteiger charge is 2.32. The minimum atomic E-state index is -3.80. The molecule has 112 valence electrons. The molecule has 3 rings (SSSR count). The largest absolute Gasteiger partial charge is 0.480 e. The maximum Gasteiger partial charge on any atom is 0.321 e. The molecule has 2 aromatic rings. The SMILES string of the molecule is O=C(O)[C@H](CC1CC1)NS(=O)(=O)c1cc2ccccc2s1. The van der Waals surface area contributed by atoms with Crippen LogP contribution in [0.2, 0.25) is 0 Å². The maximum absolute atomic E-state index is 12.4. The van der Waals surface area contributed by atoms with Gasteiger partial charge in [0.25, 0.3) is 10.0 Å². The summed E-state index contributed by atoms with van der Waals surface area (Å²) in [6.07, 6.45) is 2.32. The lowest BCUT2D eigenvalue weighted by Crippen LogP contribution is -2.40. The lowest BCUT2D eigenvalue weighted by molar-refractivity contribution is -0.139. The fraction of sp³-hybridized carbons (Fsp3) is 0.357. The van der Waals surface area contributed by atoms with Crippen LogP contribution in [0.25, 0.3) is 10.1 Å². The van der Waals surface area contributed by atoms with Gasteiger partial charge in [-0.15, -0.1) is 11.3 Å². The van der Waals surface area contributed by atoms with E-state index in [1.165, 1.54) is 0 Å². The van der Waals surface area contributed by atoms with Gasteiger partial charge in [-0.25, -0.2) is 8.42 Å². The third kappa shape index (κ3) is 3.25. The molecule has 5 nitrogen and oxygen atoms in total. The van der Waals surface area contributed by atoms with Gasteiger partial charge in [0.05, 0.1) is 0 Å². The number of nitrogens with one attached hydrogen (secondary N) is 1. The number of hydrogen-bond donors (Lipinski definition) is 2. The summed E-state index contributed by atoms with van der Waals surface area (Å²) in [7, 11) is -3.80. The molecule has 1 fully saturated rings. The smallest absolute Gasteiger partial charge is 0.321 e. The van der Waals surface area contributed by atoms with E-state index in [1.54, 1.807) is 6.07 Å². The predicted molar refractivity (Wildman–Crippen MR) is 80.9 cm³/mol. The fourth-order valence-corrected chi connectivity index (χ4v) is 4.84. The number of rotatable bonds is 6. The number of sulfonamides is 1. The molecule has 1 aromatic heterocycles. The molecule has 1 saturated carbocycles. The van der Waals surface area contributed by atoms with E-state index in [0.29, 0.717) is 12.3 Å². The zero-order valence-corrected chi connectivity index (χ0v) is 12.8. The molecule has 1 aliphatic rings. The highest BCUT2D eigenvalue weighted by Crippen LogP contribution is 2.34. The Kier molecular flexibility index (Phi) is 3.73. The Balaban J connectivity index is 1.85. The van der Waals surface area contributed by atoms with Gasteiger partial charge in [0.1, 0.15) is 10.3 Å². The Hall–Kier alpha value is -1.44. The van der Waals surface area contributed by atoms with Crippen molar-refractivity contribution in [2.45, 2.75) is 29.5 Å². The topological polar surface area (TPSA) is 83.5 Å². The summed E-state index contributed by atoms with van der Waals surface area (Å²) in [6.45, 7) is 0. The van der Waals surface area contributed by atoms with Crippen molar-refractivity contribution in [2.75, 3.05) is 0 Å². The van der Waals surface area contributed by atoms with Crippen LogP contribution in [0, 0.1) is 5.92 Å². The van der Waals surface area contributed by atoms with Crippen LogP contribution >= 0.6 is 11.3 Å². The average Bonchev–Trinajstić information content (AvgIpc) is 3.13. The van der Waals surface area contributed by atoms with Gasteiger partial charge < -0.3 is 5.11 Å². The third-order valence-electron chi connectivity index (χ3n) is 3.53. The van der Waals surface area contributed by atoms with E-state index in [-0.39, 0.29) is 4.21 Å². The van der Waals surface area contributed by atoms with Crippen LogP contribution < -0.4 is 4.72 Å². The molecule has 0 unspecified atom stereocenters. The first-order valence-corrected chi connectivity index (χ1v) is 8.99. The summed E-state index contributed by atoms with van der Waals surface area (Å²) in [6, 6.07) is 7.90. The minimum Gasteiger partial charge on any atom is -0.480 e. The number of benzene rings is 1. The van der Waals surface area contributed by atoms with Crippen LogP contribution in [0.4, 0.5) is 0 Å². The van der Waals surface area contributed by atoms with Gasteiger partial charge in [-0.2, -0.15) is 4.72 Å². The van der Waals surface area contributed by atoms with E-state index in [4.69, 9.17) is 0 Å². The van der Waals surface area contributed by atoms with Crippen LogP contribution in [0.15, 0.2) is 34.5 Å². The van der Waals surface area contributed by atoms with Crippen molar-refractivity contribution in [3.8, 4) is 0 Å². The van der Waals surface area contributed by atoms with E-state index in [9.17, 15) is 18.3 Å². The minimum absolute atomic E-state index is 0.158. The first kappa shape index (κ1) is 14.5. The highest BCUT2D eigenvalue weighted by atomic mass is 32.2. The summed E-state index contributed by atoms with van der Waals surface area (Å²) in [5.41, 5.74) is 0. The summed E-state index contributed by atoms with van der Waals surface area (Å²) in [5.74, 6) is -0.789. The second-order valence-corrected chi connectivity index (χ2v) is 8.32. The average molecular weight is 325 g/mol. The van der Waals surface area contributed by atoms with Gasteiger partial charge >= 0.3 is 5.97 Å². The van der Waals surface area contributed by atoms with Crippen LogP contribution in [0.3, 0.4) is 0 Å². The number of fused-ring (bicyclic) bond motifs is 1. The zero-order chi connectivity index (χ0) is 15.0. The Labute approximate surface area is 126 Å². The first-order valence-electron chi connectivity index (χ1n) is 6.69. The molecule has 7 heteroatoms. The Morgan fingerprint density at radius 1 is 1.38 bits per heavy atom.